The highest BCUT2D eigenvalue weighted by molar-refractivity contribution is 8.00. The molecular formula is C21H19N3O4S. The second-order valence-corrected chi connectivity index (χ2v) is 7.63. The molecule has 0 bridgehead atoms. The molecule has 3 rings (SSSR count). The van der Waals surface area contributed by atoms with Crippen molar-refractivity contribution in [2.45, 2.75) is 36.5 Å². The first kappa shape index (κ1) is 20.6. The van der Waals surface area contributed by atoms with Crippen LogP contribution in [0.15, 0.2) is 41.4 Å². The number of aryl methyl sites for hydroxylation is 1. The molecule has 0 aliphatic carbocycles. The van der Waals surface area contributed by atoms with Gasteiger partial charge < -0.3 is 4.74 Å². The van der Waals surface area contributed by atoms with E-state index in [9.17, 15) is 19.6 Å². The molecule has 29 heavy (non-hydrogen) atoms. The Kier molecular flexibility index (Phi) is 6.29. The van der Waals surface area contributed by atoms with Gasteiger partial charge in [-0.05, 0) is 42.8 Å². The normalized spacial score (nSPS) is 16.0. The summed E-state index contributed by atoms with van der Waals surface area (Å²) in [6.45, 7) is 2.04. The van der Waals surface area contributed by atoms with Crippen molar-refractivity contribution in [3.8, 4) is 6.07 Å². The average Bonchev–Trinajstić information content (AvgIpc) is 3.01. The third-order valence-corrected chi connectivity index (χ3v) is 5.64. The lowest BCUT2D eigenvalue weighted by Crippen LogP contribution is -2.31. The molecule has 8 heteroatoms. The zero-order chi connectivity index (χ0) is 21.0. The SMILES string of the molecule is CCCc1ccc(C#N)c(SC2CC(=O)N(c3ccc(C(=O)OC)cc3)C2=O)n1. The van der Waals surface area contributed by atoms with E-state index >= 15 is 0 Å². The predicted octanol–water partition coefficient (Wildman–Crippen LogP) is 3.12. The number of imide groups is 1. The van der Waals surface area contributed by atoms with Crippen LogP contribution in [0.5, 0.6) is 0 Å². The van der Waals surface area contributed by atoms with E-state index in [0.717, 1.165) is 35.2 Å². The third kappa shape index (κ3) is 4.30. The molecule has 0 N–H and O–H groups in total. The maximum absolute atomic E-state index is 12.9. The summed E-state index contributed by atoms with van der Waals surface area (Å²) in [6, 6.07) is 11.7. The zero-order valence-corrected chi connectivity index (χ0v) is 16.9. The Hall–Kier alpha value is -3.18. The topological polar surface area (TPSA) is 100 Å². The fourth-order valence-corrected chi connectivity index (χ4v) is 4.13. The molecule has 1 fully saturated rings. The van der Waals surface area contributed by atoms with Gasteiger partial charge in [0.25, 0.3) is 0 Å². The molecule has 0 radical (unpaired) electrons. The Morgan fingerprint density at radius 3 is 2.62 bits per heavy atom. The highest BCUT2D eigenvalue weighted by Gasteiger charge is 2.40. The number of rotatable bonds is 6. The molecule has 2 amide bonds. The highest BCUT2D eigenvalue weighted by Crippen LogP contribution is 2.34. The average molecular weight is 409 g/mol. The number of benzene rings is 1. The standard InChI is InChI=1S/C21H19N3O4S/c1-3-4-15-8-5-14(12-22)19(23-15)29-17-11-18(25)24(20(17)26)16-9-6-13(7-10-16)21(27)28-2/h5-10,17H,3-4,11H2,1-2H3. The minimum Gasteiger partial charge on any atom is -0.465 e. The number of carbonyl (C=O) groups excluding carboxylic acids is 3. The predicted molar refractivity (Wildman–Crippen MR) is 107 cm³/mol. The summed E-state index contributed by atoms with van der Waals surface area (Å²) in [7, 11) is 1.28. The summed E-state index contributed by atoms with van der Waals surface area (Å²) in [4.78, 5) is 42.6. The van der Waals surface area contributed by atoms with Gasteiger partial charge >= 0.3 is 5.97 Å². The quantitative estimate of drug-likeness (QED) is 0.534. The smallest absolute Gasteiger partial charge is 0.337 e. The van der Waals surface area contributed by atoms with Gasteiger partial charge in [0, 0.05) is 12.1 Å². The van der Waals surface area contributed by atoms with Gasteiger partial charge in [0.15, 0.2) is 0 Å². The van der Waals surface area contributed by atoms with Crippen LogP contribution in [0.25, 0.3) is 0 Å². The molecule has 1 aliphatic heterocycles. The summed E-state index contributed by atoms with van der Waals surface area (Å²) in [5, 5.41) is 9.16. The van der Waals surface area contributed by atoms with Crippen LogP contribution in [0.4, 0.5) is 5.69 Å². The van der Waals surface area contributed by atoms with E-state index in [1.54, 1.807) is 6.07 Å². The molecule has 1 aromatic carbocycles. The second kappa shape index (κ2) is 8.88. The Labute approximate surface area is 172 Å². The van der Waals surface area contributed by atoms with Crippen LogP contribution in [0.2, 0.25) is 0 Å². The van der Waals surface area contributed by atoms with Crippen molar-refractivity contribution in [3.05, 3.63) is 53.2 Å². The van der Waals surface area contributed by atoms with Crippen LogP contribution in [-0.2, 0) is 20.7 Å². The number of thioether (sulfide) groups is 1. The number of pyridine rings is 1. The molecule has 148 valence electrons. The van der Waals surface area contributed by atoms with Crippen molar-refractivity contribution in [1.29, 1.82) is 5.26 Å². The van der Waals surface area contributed by atoms with Gasteiger partial charge in [-0.2, -0.15) is 5.26 Å². The molecule has 1 aliphatic rings. The summed E-state index contributed by atoms with van der Waals surface area (Å²) in [5.41, 5.74) is 1.96. The lowest BCUT2D eigenvalue weighted by Gasteiger charge is -2.15. The Morgan fingerprint density at radius 2 is 2.00 bits per heavy atom. The zero-order valence-electron chi connectivity index (χ0n) is 16.0. The van der Waals surface area contributed by atoms with Crippen molar-refractivity contribution in [1.82, 2.24) is 4.98 Å². The van der Waals surface area contributed by atoms with Crippen LogP contribution in [0, 0.1) is 11.3 Å². The number of aromatic nitrogens is 1. The number of amides is 2. The molecular weight excluding hydrogens is 390 g/mol. The number of anilines is 1. The van der Waals surface area contributed by atoms with E-state index in [4.69, 9.17) is 0 Å². The highest BCUT2D eigenvalue weighted by atomic mass is 32.2. The minimum absolute atomic E-state index is 0.0206. The van der Waals surface area contributed by atoms with E-state index in [1.807, 2.05) is 13.0 Å². The van der Waals surface area contributed by atoms with Gasteiger partial charge in [0.1, 0.15) is 11.1 Å². The Balaban J connectivity index is 1.82. The van der Waals surface area contributed by atoms with Gasteiger partial charge in [0.2, 0.25) is 11.8 Å². The first-order chi connectivity index (χ1) is 14.0. The van der Waals surface area contributed by atoms with E-state index in [-0.39, 0.29) is 18.2 Å². The van der Waals surface area contributed by atoms with Crippen LogP contribution in [-0.4, -0.2) is 35.1 Å². The maximum Gasteiger partial charge on any atom is 0.337 e. The van der Waals surface area contributed by atoms with Gasteiger partial charge in [0.05, 0.1) is 29.2 Å². The lowest BCUT2D eigenvalue weighted by molar-refractivity contribution is -0.121. The lowest BCUT2D eigenvalue weighted by atomic mass is 10.2. The monoisotopic (exact) mass is 409 g/mol. The number of methoxy groups -OCH3 is 1. The number of esters is 1. The molecule has 1 saturated heterocycles. The number of hydrogen-bond donors (Lipinski definition) is 0. The van der Waals surface area contributed by atoms with Crippen molar-refractivity contribution < 1.29 is 19.1 Å². The molecule has 2 aromatic rings. The fourth-order valence-electron chi connectivity index (χ4n) is 3.02. The maximum atomic E-state index is 12.9. The number of ether oxygens (including phenoxy) is 1. The number of nitriles is 1. The van der Waals surface area contributed by atoms with Crippen molar-refractivity contribution >= 4 is 35.2 Å². The minimum atomic E-state index is -0.653. The van der Waals surface area contributed by atoms with Crippen LogP contribution < -0.4 is 4.90 Å². The van der Waals surface area contributed by atoms with Crippen molar-refractivity contribution in [2.24, 2.45) is 0 Å². The van der Waals surface area contributed by atoms with Gasteiger partial charge in [-0.1, -0.05) is 25.1 Å². The molecule has 0 saturated carbocycles. The second-order valence-electron chi connectivity index (χ2n) is 6.43. The molecule has 1 unspecified atom stereocenters. The molecule has 1 atom stereocenters. The van der Waals surface area contributed by atoms with Crippen LogP contribution in [0.1, 0.15) is 41.4 Å². The Morgan fingerprint density at radius 1 is 1.28 bits per heavy atom. The summed E-state index contributed by atoms with van der Waals surface area (Å²) in [5.74, 6) is -1.19. The van der Waals surface area contributed by atoms with E-state index in [0.29, 0.717) is 21.8 Å². The molecule has 7 nitrogen and oxygen atoms in total. The van der Waals surface area contributed by atoms with Crippen molar-refractivity contribution in [3.63, 3.8) is 0 Å². The van der Waals surface area contributed by atoms with Gasteiger partial charge in [-0.3, -0.25) is 9.59 Å². The molecule has 2 heterocycles. The summed E-state index contributed by atoms with van der Waals surface area (Å²) < 4.78 is 4.65. The largest absolute Gasteiger partial charge is 0.465 e. The van der Waals surface area contributed by atoms with Gasteiger partial charge in [-0.25, -0.2) is 14.7 Å². The van der Waals surface area contributed by atoms with Crippen molar-refractivity contribution in [2.75, 3.05) is 12.0 Å². The third-order valence-electron chi connectivity index (χ3n) is 4.45. The van der Waals surface area contributed by atoms with Gasteiger partial charge in [-0.15, -0.1) is 0 Å². The number of nitrogens with zero attached hydrogens (tertiary/aromatic N) is 3. The first-order valence-corrected chi connectivity index (χ1v) is 9.98. The summed E-state index contributed by atoms with van der Waals surface area (Å²) in [6.07, 6.45) is 1.71. The number of carbonyl (C=O) groups is 3. The first-order valence-electron chi connectivity index (χ1n) is 9.10. The van der Waals surface area contributed by atoms with E-state index in [1.165, 1.54) is 31.4 Å². The molecule has 1 aromatic heterocycles. The van der Waals surface area contributed by atoms with Crippen LogP contribution in [0.3, 0.4) is 0 Å². The van der Waals surface area contributed by atoms with E-state index < -0.39 is 11.2 Å². The summed E-state index contributed by atoms with van der Waals surface area (Å²) >= 11 is 1.14. The molecule has 0 spiro atoms. The van der Waals surface area contributed by atoms with Crippen LogP contribution >= 0.6 is 11.8 Å². The van der Waals surface area contributed by atoms with E-state index in [2.05, 4.69) is 15.8 Å². The number of hydrogen-bond acceptors (Lipinski definition) is 7. The Bertz CT molecular complexity index is 998. The fraction of sp³-hybridized carbons (Fsp3) is 0.286.